The van der Waals surface area contributed by atoms with Crippen molar-refractivity contribution in [3.8, 4) is 0 Å². The van der Waals surface area contributed by atoms with Gasteiger partial charge in [-0.1, -0.05) is 0 Å². The molecule has 1 unspecified atom stereocenters. The molecule has 5 nitrogen and oxygen atoms in total. The van der Waals surface area contributed by atoms with Crippen LogP contribution in [0.1, 0.15) is 48.4 Å². The highest BCUT2D eigenvalue weighted by molar-refractivity contribution is 7.19. The van der Waals surface area contributed by atoms with E-state index in [1.807, 2.05) is 18.3 Å². The molecule has 3 aliphatic rings. The maximum atomic E-state index is 5.53. The van der Waals surface area contributed by atoms with Crippen LogP contribution in [0.15, 0.2) is 0 Å². The van der Waals surface area contributed by atoms with E-state index in [4.69, 9.17) is 14.7 Å². The smallest absolute Gasteiger partial charge is 0.139 e. The molecule has 0 amide bonds. The summed E-state index contributed by atoms with van der Waals surface area (Å²) in [5.74, 6) is 1.98. The van der Waals surface area contributed by atoms with Gasteiger partial charge in [-0.2, -0.15) is 0 Å². The fraction of sp³-hybridized carbons (Fsp3) is 0.700. The number of nitrogens with zero attached hydrogens (tertiary/aromatic N) is 3. The van der Waals surface area contributed by atoms with E-state index in [0.29, 0.717) is 12.1 Å². The van der Waals surface area contributed by atoms with Gasteiger partial charge in [-0.3, -0.25) is 4.90 Å². The van der Waals surface area contributed by atoms with E-state index in [-0.39, 0.29) is 0 Å². The number of nitrogens with one attached hydrogen (secondary N) is 1. The van der Waals surface area contributed by atoms with Crippen LogP contribution >= 0.6 is 11.3 Å². The first-order chi connectivity index (χ1) is 12.8. The zero-order valence-electron chi connectivity index (χ0n) is 15.6. The first-order valence-electron chi connectivity index (χ1n) is 10.1. The van der Waals surface area contributed by atoms with Gasteiger partial charge in [-0.05, 0) is 57.4 Å². The van der Waals surface area contributed by atoms with Gasteiger partial charge in [0, 0.05) is 43.3 Å². The minimum absolute atomic E-state index is 0.495. The number of fused-ring (bicyclic) bond motifs is 3. The van der Waals surface area contributed by atoms with Crippen LogP contribution in [0.2, 0.25) is 0 Å². The quantitative estimate of drug-likeness (QED) is 0.893. The van der Waals surface area contributed by atoms with Gasteiger partial charge in [0.1, 0.15) is 16.5 Å². The van der Waals surface area contributed by atoms with Crippen LogP contribution in [0.3, 0.4) is 0 Å². The van der Waals surface area contributed by atoms with Gasteiger partial charge >= 0.3 is 0 Å². The molecule has 2 aromatic rings. The molecule has 1 atom stereocenters. The van der Waals surface area contributed by atoms with Crippen molar-refractivity contribution in [2.24, 2.45) is 0 Å². The van der Waals surface area contributed by atoms with E-state index in [2.05, 4.69) is 10.2 Å². The number of likely N-dealkylation sites (tertiary alicyclic amines) is 1. The predicted octanol–water partition coefficient (Wildman–Crippen LogP) is 3.54. The van der Waals surface area contributed by atoms with E-state index in [0.717, 1.165) is 31.4 Å². The van der Waals surface area contributed by atoms with Gasteiger partial charge in [0.2, 0.25) is 0 Å². The lowest BCUT2D eigenvalue weighted by Gasteiger charge is -2.31. The van der Waals surface area contributed by atoms with Crippen LogP contribution in [0.5, 0.6) is 0 Å². The van der Waals surface area contributed by atoms with Gasteiger partial charge in [-0.25, -0.2) is 9.97 Å². The highest BCUT2D eigenvalue weighted by atomic mass is 32.1. The second-order valence-corrected chi connectivity index (χ2v) is 9.06. The lowest BCUT2D eigenvalue weighted by molar-refractivity contribution is 0.0421. The van der Waals surface area contributed by atoms with Crippen molar-refractivity contribution in [1.82, 2.24) is 14.9 Å². The molecular formula is C20H28N4OS. The number of thiophene rings is 1. The number of ether oxygens (including phenoxy) is 1. The average molecular weight is 373 g/mol. The summed E-state index contributed by atoms with van der Waals surface area (Å²) in [5.41, 5.74) is 1.53. The Kier molecular flexibility index (Phi) is 4.59. The first-order valence-corrected chi connectivity index (χ1v) is 11.0. The fourth-order valence-corrected chi connectivity index (χ4v) is 6.16. The Morgan fingerprint density at radius 2 is 1.96 bits per heavy atom. The molecule has 140 valence electrons. The summed E-state index contributed by atoms with van der Waals surface area (Å²) in [7, 11) is 0. The molecule has 2 aromatic heterocycles. The van der Waals surface area contributed by atoms with Gasteiger partial charge in [-0.15, -0.1) is 11.3 Å². The highest BCUT2D eigenvalue weighted by Crippen LogP contribution is 2.39. The molecule has 1 aliphatic carbocycles. The summed E-state index contributed by atoms with van der Waals surface area (Å²) in [6.07, 6.45) is 8.59. The van der Waals surface area contributed by atoms with E-state index in [1.165, 1.54) is 67.3 Å². The van der Waals surface area contributed by atoms with Crippen molar-refractivity contribution in [3.63, 3.8) is 0 Å². The van der Waals surface area contributed by atoms with E-state index in [1.54, 1.807) is 4.88 Å². The van der Waals surface area contributed by atoms with Crippen LogP contribution in [0.4, 0.5) is 5.82 Å². The monoisotopic (exact) mass is 372 g/mol. The lowest BCUT2D eigenvalue weighted by Crippen LogP contribution is -2.39. The average Bonchev–Trinajstić information content (AvgIpc) is 3.26. The standard InChI is InChI=1S/C20H28N4OS/c1-13-21-19(18-16-4-2-3-5-17(16)26-20(18)22-13)23-14-6-9-24(12-14)15-7-10-25-11-8-15/h14-15H,2-12H2,1H3,(H,21,22,23). The molecule has 4 heterocycles. The number of aryl methyl sites for hydroxylation is 3. The SMILES string of the molecule is Cc1nc(NC2CCN(C3CCOCC3)C2)c2c3c(sc2n1)CCCC3. The number of anilines is 1. The molecular weight excluding hydrogens is 344 g/mol. The Labute approximate surface area is 159 Å². The maximum Gasteiger partial charge on any atom is 0.139 e. The molecule has 2 fully saturated rings. The Balaban J connectivity index is 1.38. The zero-order chi connectivity index (χ0) is 17.5. The third kappa shape index (κ3) is 3.12. The summed E-state index contributed by atoms with van der Waals surface area (Å²) in [6.45, 7) is 6.18. The van der Waals surface area contributed by atoms with Crippen molar-refractivity contribution in [3.05, 3.63) is 16.3 Å². The molecule has 2 aliphatic heterocycles. The van der Waals surface area contributed by atoms with Crippen molar-refractivity contribution >= 4 is 27.4 Å². The Hall–Kier alpha value is -1.24. The normalized spacial score (nSPS) is 24.9. The fourth-order valence-electron chi connectivity index (χ4n) is 4.85. The number of rotatable bonds is 3. The van der Waals surface area contributed by atoms with Crippen LogP contribution < -0.4 is 5.32 Å². The maximum absolute atomic E-state index is 5.53. The molecule has 5 rings (SSSR count). The summed E-state index contributed by atoms with van der Waals surface area (Å²) in [4.78, 5) is 15.0. The largest absolute Gasteiger partial charge is 0.381 e. The van der Waals surface area contributed by atoms with Crippen LogP contribution in [-0.4, -0.2) is 53.3 Å². The Morgan fingerprint density at radius 1 is 1.12 bits per heavy atom. The summed E-state index contributed by atoms with van der Waals surface area (Å²) < 4.78 is 5.53. The van der Waals surface area contributed by atoms with Gasteiger partial charge in [0.15, 0.2) is 0 Å². The van der Waals surface area contributed by atoms with E-state index >= 15 is 0 Å². The van der Waals surface area contributed by atoms with Crippen LogP contribution in [0, 0.1) is 6.92 Å². The number of hydrogen-bond donors (Lipinski definition) is 1. The molecule has 0 saturated carbocycles. The minimum atomic E-state index is 0.495. The highest BCUT2D eigenvalue weighted by Gasteiger charge is 2.30. The molecule has 0 radical (unpaired) electrons. The van der Waals surface area contributed by atoms with Crippen LogP contribution in [0.25, 0.3) is 10.2 Å². The first kappa shape index (κ1) is 16.9. The van der Waals surface area contributed by atoms with Crippen molar-refractivity contribution in [1.29, 1.82) is 0 Å². The van der Waals surface area contributed by atoms with Gasteiger partial charge < -0.3 is 10.1 Å². The van der Waals surface area contributed by atoms with E-state index < -0.39 is 0 Å². The molecule has 0 bridgehead atoms. The second kappa shape index (κ2) is 7.06. The van der Waals surface area contributed by atoms with Crippen LogP contribution in [-0.2, 0) is 17.6 Å². The van der Waals surface area contributed by atoms with E-state index in [9.17, 15) is 0 Å². The molecule has 0 spiro atoms. The third-order valence-electron chi connectivity index (χ3n) is 6.19. The second-order valence-electron chi connectivity index (χ2n) is 7.98. The Bertz CT molecular complexity index is 799. The van der Waals surface area contributed by atoms with Gasteiger partial charge in [0.25, 0.3) is 0 Å². The lowest BCUT2D eigenvalue weighted by atomic mass is 9.97. The predicted molar refractivity (Wildman–Crippen MR) is 106 cm³/mol. The third-order valence-corrected chi connectivity index (χ3v) is 7.38. The molecule has 1 N–H and O–H groups in total. The Morgan fingerprint density at radius 3 is 2.85 bits per heavy atom. The molecule has 6 heteroatoms. The molecule has 2 saturated heterocycles. The number of aromatic nitrogens is 2. The molecule has 0 aromatic carbocycles. The van der Waals surface area contributed by atoms with Gasteiger partial charge in [0.05, 0.1) is 5.39 Å². The summed E-state index contributed by atoms with van der Waals surface area (Å²) in [5, 5.41) is 5.13. The van der Waals surface area contributed by atoms with Crippen molar-refractivity contribution < 1.29 is 4.74 Å². The number of hydrogen-bond acceptors (Lipinski definition) is 6. The van der Waals surface area contributed by atoms with Crippen molar-refractivity contribution in [2.45, 2.75) is 64.0 Å². The zero-order valence-corrected chi connectivity index (χ0v) is 16.4. The summed E-state index contributed by atoms with van der Waals surface area (Å²) >= 11 is 1.89. The minimum Gasteiger partial charge on any atom is -0.381 e. The summed E-state index contributed by atoms with van der Waals surface area (Å²) in [6, 6.07) is 1.20. The molecule has 26 heavy (non-hydrogen) atoms. The van der Waals surface area contributed by atoms with Crippen molar-refractivity contribution in [2.75, 3.05) is 31.6 Å². The topological polar surface area (TPSA) is 50.3 Å².